The number of rotatable bonds is 7. The van der Waals surface area contributed by atoms with Gasteiger partial charge in [-0.25, -0.2) is 4.79 Å². The lowest BCUT2D eigenvalue weighted by Gasteiger charge is -2.07. The van der Waals surface area contributed by atoms with Gasteiger partial charge in [-0.2, -0.15) is 10.1 Å². The third-order valence-electron chi connectivity index (χ3n) is 2.63. The molecule has 1 aromatic carbocycles. The van der Waals surface area contributed by atoms with Crippen LogP contribution >= 0.6 is 0 Å². The van der Waals surface area contributed by atoms with E-state index in [9.17, 15) is 4.79 Å². The summed E-state index contributed by atoms with van der Waals surface area (Å²) < 4.78 is 4.93. The van der Waals surface area contributed by atoms with Crippen molar-refractivity contribution in [3.8, 4) is 0 Å². The second-order valence-electron chi connectivity index (χ2n) is 4.26. The number of nitrogens with one attached hydrogen (secondary N) is 2. The SMILES string of the molecule is C=CCNc1nncc(Nc2ccc(C(=O)OCC)cc2)n1. The van der Waals surface area contributed by atoms with Gasteiger partial charge in [0, 0.05) is 12.2 Å². The highest BCUT2D eigenvalue weighted by molar-refractivity contribution is 5.89. The fourth-order valence-corrected chi connectivity index (χ4v) is 1.65. The van der Waals surface area contributed by atoms with Crippen LogP contribution in [0.5, 0.6) is 0 Å². The number of anilines is 3. The fraction of sp³-hybridized carbons (Fsp3) is 0.200. The molecular formula is C15H17N5O2. The Morgan fingerprint density at radius 3 is 2.82 bits per heavy atom. The van der Waals surface area contributed by atoms with E-state index in [0.29, 0.717) is 30.5 Å². The van der Waals surface area contributed by atoms with Crippen molar-refractivity contribution >= 4 is 23.4 Å². The number of benzene rings is 1. The summed E-state index contributed by atoms with van der Waals surface area (Å²) >= 11 is 0. The molecule has 2 aromatic rings. The van der Waals surface area contributed by atoms with Crippen LogP contribution in [0.4, 0.5) is 17.5 Å². The van der Waals surface area contributed by atoms with Crippen molar-refractivity contribution in [2.45, 2.75) is 6.92 Å². The Morgan fingerprint density at radius 2 is 2.14 bits per heavy atom. The molecule has 0 amide bonds. The van der Waals surface area contributed by atoms with Crippen LogP contribution in [0.25, 0.3) is 0 Å². The Labute approximate surface area is 128 Å². The number of ether oxygens (including phenoxy) is 1. The molecule has 22 heavy (non-hydrogen) atoms. The second kappa shape index (κ2) is 7.72. The smallest absolute Gasteiger partial charge is 0.338 e. The highest BCUT2D eigenvalue weighted by Gasteiger charge is 2.06. The van der Waals surface area contributed by atoms with E-state index in [2.05, 4.69) is 32.4 Å². The van der Waals surface area contributed by atoms with Crippen LogP contribution in [-0.2, 0) is 4.74 Å². The molecule has 0 radical (unpaired) electrons. The molecule has 1 aromatic heterocycles. The summed E-state index contributed by atoms with van der Waals surface area (Å²) in [5.41, 5.74) is 1.28. The van der Waals surface area contributed by atoms with Crippen molar-refractivity contribution in [2.24, 2.45) is 0 Å². The maximum Gasteiger partial charge on any atom is 0.338 e. The maximum atomic E-state index is 11.6. The Hall–Kier alpha value is -2.96. The average Bonchev–Trinajstić information content (AvgIpc) is 2.54. The van der Waals surface area contributed by atoms with E-state index in [1.807, 2.05) is 0 Å². The Balaban J connectivity index is 2.04. The summed E-state index contributed by atoms with van der Waals surface area (Å²) in [6, 6.07) is 6.91. The molecule has 7 nitrogen and oxygen atoms in total. The molecule has 7 heteroatoms. The summed E-state index contributed by atoms with van der Waals surface area (Å²) in [5, 5.41) is 13.8. The number of esters is 1. The van der Waals surface area contributed by atoms with E-state index in [-0.39, 0.29) is 5.97 Å². The molecule has 0 aliphatic heterocycles. The van der Waals surface area contributed by atoms with Crippen molar-refractivity contribution in [1.82, 2.24) is 15.2 Å². The normalized spacial score (nSPS) is 9.86. The van der Waals surface area contributed by atoms with Gasteiger partial charge in [-0.15, -0.1) is 11.7 Å². The zero-order valence-corrected chi connectivity index (χ0v) is 12.2. The van der Waals surface area contributed by atoms with E-state index in [1.165, 1.54) is 6.20 Å². The number of hydrogen-bond donors (Lipinski definition) is 2. The van der Waals surface area contributed by atoms with Gasteiger partial charge in [0.1, 0.15) is 0 Å². The van der Waals surface area contributed by atoms with Crippen molar-refractivity contribution in [1.29, 1.82) is 0 Å². The number of carbonyl (C=O) groups excluding carboxylic acids is 1. The zero-order chi connectivity index (χ0) is 15.8. The minimum atomic E-state index is -0.339. The lowest BCUT2D eigenvalue weighted by atomic mass is 10.2. The first kappa shape index (κ1) is 15.4. The molecular weight excluding hydrogens is 282 g/mol. The van der Waals surface area contributed by atoms with Gasteiger partial charge in [0.15, 0.2) is 5.82 Å². The minimum absolute atomic E-state index is 0.339. The van der Waals surface area contributed by atoms with Gasteiger partial charge in [0.25, 0.3) is 0 Å². The molecule has 0 saturated carbocycles. The third kappa shape index (κ3) is 4.27. The molecule has 0 bridgehead atoms. The summed E-state index contributed by atoms with van der Waals surface area (Å²) in [6.45, 7) is 6.29. The topological polar surface area (TPSA) is 89.0 Å². The number of aromatic nitrogens is 3. The van der Waals surface area contributed by atoms with Crippen molar-refractivity contribution in [3.63, 3.8) is 0 Å². The number of nitrogens with zero attached hydrogens (tertiary/aromatic N) is 3. The van der Waals surface area contributed by atoms with Gasteiger partial charge >= 0.3 is 5.97 Å². The van der Waals surface area contributed by atoms with Crippen LogP contribution in [-0.4, -0.2) is 34.3 Å². The van der Waals surface area contributed by atoms with E-state index < -0.39 is 0 Å². The quantitative estimate of drug-likeness (QED) is 0.599. The summed E-state index contributed by atoms with van der Waals surface area (Å²) in [4.78, 5) is 15.8. The van der Waals surface area contributed by atoms with E-state index in [0.717, 1.165) is 5.69 Å². The summed E-state index contributed by atoms with van der Waals surface area (Å²) in [6.07, 6.45) is 3.22. The van der Waals surface area contributed by atoms with E-state index in [4.69, 9.17) is 4.74 Å². The largest absolute Gasteiger partial charge is 0.462 e. The zero-order valence-electron chi connectivity index (χ0n) is 12.2. The maximum absolute atomic E-state index is 11.6. The van der Waals surface area contributed by atoms with Crippen molar-refractivity contribution in [2.75, 3.05) is 23.8 Å². The van der Waals surface area contributed by atoms with Crippen molar-refractivity contribution in [3.05, 3.63) is 48.7 Å². The fourth-order valence-electron chi connectivity index (χ4n) is 1.65. The lowest BCUT2D eigenvalue weighted by molar-refractivity contribution is 0.0526. The highest BCUT2D eigenvalue weighted by Crippen LogP contribution is 2.15. The molecule has 0 aliphatic carbocycles. The first-order valence-corrected chi connectivity index (χ1v) is 6.81. The molecule has 114 valence electrons. The monoisotopic (exact) mass is 299 g/mol. The van der Waals surface area contributed by atoms with Crippen LogP contribution < -0.4 is 10.6 Å². The van der Waals surface area contributed by atoms with Gasteiger partial charge < -0.3 is 15.4 Å². The molecule has 0 aliphatic rings. The number of carbonyl (C=O) groups is 1. The third-order valence-corrected chi connectivity index (χ3v) is 2.63. The van der Waals surface area contributed by atoms with Gasteiger partial charge in [-0.3, -0.25) is 0 Å². The van der Waals surface area contributed by atoms with Gasteiger partial charge in [-0.1, -0.05) is 6.08 Å². The van der Waals surface area contributed by atoms with Gasteiger partial charge in [0.2, 0.25) is 5.95 Å². The molecule has 0 atom stereocenters. The molecule has 0 saturated heterocycles. The van der Waals surface area contributed by atoms with Gasteiger partial charge in [0.05, 0.1) is 18.4 Å². The predicted molar refractivity (Wildman–Crippen MR) is 84.2 cm³/mol. The average molecular weight is 299 g/mol. The molecule has 0 fully saturated rings. The van der Waals surface area contributed by atoms with E-state index in [1.54, 1.807) is 37.3 Å². The molecule has 1 heterocycles. The standard InChI is InChI=1S/C15H17N5O2/c1-3-9-16-15-19-13(10-17-20-15)18-12-7-5-11(6-8-12)14(21)22-4-2/h3,5-8,10H,1,4,9H2,2H3,(H2,16,18,19,20). The van der Waals surface area contributed by atoms with Crippen LogP contribution in [0.1, 0.15) is 17.3 Å². The minimum Gasteiger partial charge on any atom is -0.462 e. The number of hydrogen-bond acceptors (Lipinski definition) is 7. The van der Waals surface area contributed by atoms with Gasteiger partial charge in [-0.05, 0) is 31.2 Å². The molecule has 0 unspecified atom stereocenters. The van der Waals surface area contributed by atoms with Crippen molar-refractivity contribution < 1.29 is 9.53 Å². The summed E-state index contributed by atoms with van der Waals surface area (Å²) in [7, 11) is 0. The first-order chi connectivity index (χ1) is 10.7. The molecule has 2 rings (SSSR count). The van der Waals surface area contributed by atoms with Crippen LogP contribution in [0.2, 0.25) is 0 Å². The Bertz CT molecular complexity index is 643. The molecule has 0 spiro atoms. The Morgan fingerprint density at radius 1 is 1.36 bits per heavy atom. The van der Waals surface area contributed by atoms with E-state index >= 15 is 0 Å². The lowest BCUT2D eigenvalue weighted by Crippen LogP contribution is -2.06. The van der Waals surface area contributed by atoms with Crippen LogP contribution in [0, 0.1) is 0 Å². The summed E-state index contributed by atoms with van der Waals surface area (Å²) in [5.74, 6) is 0.618. The first-order valence-electron chi connectivity index (χ1n) is 6.81. The van der Waals surface area contributed by atoms with Crippen LogP contribution in [0.15, 0.2) is 43.1 Å². The predicted octanol–water partition coefficient (Wildman–Crippen LogP) is 2.39. The highest BCUT2D eigenvalue weighted by atomic mass is 16.5. The molecule has 2 N–H and O–H groups in total. The van der Waals surface area contributed by atoms with Crippen LogP contribution in [0.3, 0.4) is 0 Å². The second-order valence-corrected chi connectivity index (χ2v) is 4.26. The Kier molecular flexibility index (Phi) is 5.42.